The van der Waals surface area contributed by atoms with Crippen LogP contribution < -0.4 is 0 Å². The number of aromatic nitrogens is 1. The Morgan fingerprint density at radius 2 is 1.64 bits per heavy atom. The predicted octanol–water partition coefficient (Wildman–Crippen LogP) is 7.07. The summed E-state index contributed by atoms with van der Waals surface area (Å²) in [5.74, 6) is 0.320. The molecule has 0 aliphatic heterocycles. The first-order valence-corrected chi connectivity index (χ1v) is 15.4. The molecule has 2 aromatic rings. The first-order chi connectivity index (χ1) is 12.8. The standard InChI is InChI=1S/C21H28N2O.3ClH.Ti/c1-20(2,3)16-11-15(19(24)18(12-16)21(4,5)6)13-22-14-17-9-7-8-10-23-17;;;;/h7-13,24H,14H2,1-6H3;3*1H;/q;;;;+3/p-3. The van der Waals surface area contributed by atoms with Crippen molar-refractivity contribution in [3.8, 4) is 5.75 Å². The molecule has 0 aliphatic carbocycles. The van der Waals surface area contributed by atoms with E-state index in [1.165, 1.54) is 5.56 Å². The van der Waals surface area contributed by atoms with Crippen LogP contribution >= 0.6 is 27.9 Å². The van der Waals surface area contributed by atoms with E-state index in [-0.39, 0.29) is 10.8 Å². The molecule has 0 saturated carbocycles. The van der Waals surface area contributed by atoms with E-state index in [0.29, 0.717) is 12.3 Å². The second-order valence-corrected chi connectivity index (χ2v) is 16.2. The van der Waals surface area contributed by atoms with E-state index < -0.39 is 14.7 Å². The van der Waals surface area contributed by atoms with E-state index in [0.717, 1.165) is 16.8 Å². The van der Waals surface area contributed by atoms with Crippen LogP contribution in [0.4, 0.5) is 0 Å². The van der Waals surface area contributed by atoms with E-state index in [1.807, 2.05) is 24.3 Å². The van der Waals surface area contributed by atoms with E-state index in [2.05, 4.69) is 57.6 Å². The Labute approximate surface area is 186 Å². The van der Waals surface area contributed by atoms with Crippen LogP contribution in [0.5, 0.6) is 5.75 Å². The van der Waals surface area contributed by atoms with Crippen LogP contribution in [0.2, 0.25) is 0 Å². The SMILES string of the molecule is CC(C)(C)c1cc(C=NCc2ccccn2)c(O)c(C(C)(C)C)c1.[Cl][Ti]([Cl])[Cl]. The van der Waals surface area contributed by atoms with Crippen molar-refractivity contribution in [3.05, 3.63) is 58.9 Å². The van der Waals surface area contributed by atoms with Gasteiger partial charge in [0.25, 0.3) is 0 Å². The third-order valence-electron chi connectivity index (χ3n) is 4.02. The average molecular weight is 479 g/mol. The quantitative estimate of drug-likeness (QED) is 0.379. The molecule has 0 fully saturated rings. The summed E-state index contributed by atoms with van der Waals surface area (Å²) in [6.45, 7) is 13.4. The summed E-state index contributed by atoms with van der Waals surface area (Å²) >= 11 is -1.92. The van der Waals surface area contributed by atoms with Crippen LogP contribution in [0.1, 0.15) is 63.9 Å². The van der Waals surface area contributed by atoms with Crippen molar-refractivity contribution in [2.45, 2.75) is 58.9 Å². The van der Waals surface area contributed by atoms with Crippen LogP contribution in [-0.4, -0.2) is 16.3 Å². The summed E-state index contributed by atoms with van der Waals surface area (Å²) in [6.07, 6.45) is 3.52. The first kappa shape index (κ1) is 25.5. The van der Waals surface area contributed by atoms with Crippen molar-refractivity contribution in [1.29, 1.82) is 0 Å². The van der Waals surface area contributed by atoms with Gasteiger partial charge in [-0.3, -0.25) is 9.98 Å². The Balaban J connectivity index is 0.000000892. The fraction of sp³-hybridized carbons (Fsp3) is 0.429. The van der Waals surface area contributed by atoms with Crippen molar-refractivity contribution in [2.75, 3.05) is 0 Å². The number of aliphatic imine (C=N–C) groups is 1. The van der Waals surface area contributed by atoms with Crippen molar-refractivity contribution in [3.63, 3.8) is 0 Å². The van der Waals surface area contributed by atoms with Gasteiger partial charge in [-0.05, 0) is 34.6 Å². The van der Waals surface area contributed by atoms with Gasteiger partial charge in [0.2, 0.25) is 0 Å². The van der Waals surface area contributed by atoms with Crippen LogP contribution in [-0.2, 0) is 32.1 Å². The molecule has 1 aromatic carbocycles. The van der Waals surface area contributed by atoms with Gasteiger partial charge in [-0.25, -0.2) is 0 Å². The normalized spacial score (nSPS) is 11.9. The zero-order valence-electron chi connectivity index (χ0n) is 17.2. The molecule has 28 heavy (non-hydrogen) atoms. The number of pyridine rings is 1. The van der Waals surface area contributed by atoms with Gasteiger partial charge in [-0.2, -0.15) is 0 Å². The zero-order chi connectivity index (χ0) is 21.5. The van der Waals surface area contributed by atoms with Gasteiger partial charge in [-0.1, -0.05) is 53.7 Å². The number of phenols is 1. The third kappa shape index (κ3) is 8.84. The molecule has 2 rings (SSSR count). The summed E-state index contributed by atoms with van der Waals surface area (Å²) in [6, 6.07) is 9.94. The average Bonchev–Trinajstić information content (AvgIpc) is 2.54. The number of benzene rings is 1. The van der Waals surface area contributed by atoms with E-state index in [9.17, 15) is 5.11 Å². The molecule has 0 spiro atoms. The number of hydrogen-bond acceptors (Lipinski definition) is 3. The van der Waals surface area contributed by atoms with Crippen LogP contribution in [0.15, 0.2) is 41.5 Å². The van der Waals surface area contributed by atoms with Gasteiger partial charge in [0.15, 0.2) is 0 Å². The number of aromatic hydroxyl groups is 1. The summed E-state index contributed by atoms with van der Waals surface area (Å²) in [5.41, 5.74) is 3.71. The number of halogens is 3. The topological polar surface area (TPSA) is 45.5 Å². The van der Waals surface area contributed by atoms with Crippen LogP contribution in [0.25, 0.3) is 0 Å². The molecule has 0 amide bonds. The van der Waals surface area contributed by atoms with Gasteiger partial charge >= 0.3 is 42.6 Å². The molecule has 0 aliphatic rings. The van der Waals surface area contributed by atoms with E-state index in [1.54, 1.807) is 12.4 Å². The zero-order valence-corrected chi connectivity index (χ0v) is 21.1. The third-order valence-corrected chi connectivity index (χ3v) is 4.02. The Kier molecular flexibility index (Phi) is 9.99. The van der Waals surface area contributed by atoms with E-state index >= 15 is 0 Å². The van der Waals surface area contributed by atoms with Crippen molar-refractivity contribution in [1.82, 2.24) is 4.98 Å². The molecule has 0 atom stereocenters. The fourth-order valence-electron chi connectivity index (χ4n) is 2.49. The molecule has 153 valence electrons. The van der Waals surface area contributed by atoms with Gasteiger partial charge in [0.1, 0.15) is 5.75 Å². The summed E-state index contributed by atoms with van der Waals surface area (Å²) in [7, 11) is 14.9. The minimum absolute atomic E-state index is 0.0112. The maximum absolute atomic E-state index is 10.7. The molecule has 1 N–H and O–H groups in total. The number of phenolic OH excluding ortho intramolecular Hbond substituents is 1. The summed E-state index contributed by atoms with van der Waals surface area (Å²) in [5, 5.41) is 10.7. The molecule has 7 heteroatoms. The molecular weight excluding hydrogens is 450 g/mol. The molecule has 0 saturated heterocycles. The number of rotatable bonds is 3. The number of nitrogens with zero attached hydrogens (tertiary/aromatic N) is 2. The van der Waals surface area contributed by atoms with Gasteiger partial charge in [0, 0.05) is 23.5 Å². The first-order valence-electron chi connectivity index (χ1n) is 8.93. The predicted molar refractivity (Wildman–Crippen MR) is 119 cm³/mol. The molecule has 1 heterocycles. The molecular formula is C21H28Cl3N2OTi. The molecule has 1 aromatic heterocycles. The van der Waals surface area contributed by atoms with E-state index in [4.69, 9.17) is 27.9 Å². The fourth-order valence-corrected chi connectivity index (χ4v) is 2.49. The summed E-state index contributed by atoms with van der Waals surface area (Å²) in [4.78, 5) is 8.74. The second kappa shape index (κ2) is 11.0. The van der Waals surface area contributed by atoms with Gasteiger partial charge in [-0.15, -0.1) is 0 Å². The van der Waals surface area contributed by atoms with Crippen LogP contribution in [0.3, 0.4) is 0 Å². The summed E-state index contributed by atoms with van der Waals surface area (Å²) < 4.78 is 0. The van der Waals surface area contributed by atoms with Gasteiger partial charge in [0.05, 0.1) is 12.2 Å². The van der Waals surface area contributed by atoms with Crippen LogP contribution in [0, 0.1) is 0 Å². The Morgan fingerprint density at radius 1 is 1.04 bits per heavy atom. The Hall–Kier alpha value is -0.576. The monoisotopic (exact) mass is 477 g/mol. The Bertz CT molecular complexity index is 780. The number of hydrogen-bond donors (Lipinski definition) is 1. The van der Waals surface area contributed by atoms with Crippen molar-refractivity contribution in [2.24, 2.45) is 4.99 Å². The Morgan fingerprint density at radius 3 is 2.11 bits per heavy atom. The maximum atomic E-state index is 10.7. The molecule has 0 radical (unpaired) electrons. The molecule has 0 bridgehead atoms. The molecule has 0 unspecified atom stereocenters. The molecule has 3 nitrogen and oxygen atoms in total. The van der Waals surface area contributed by atoms with Gasteiger partial charge < -0.3 is 5.11 Å². The second-order valence-electron chi connectivity index (χ2n) is 8.47. The van der Waals surface area contributed by atoms with Crippen molar-refractivity contribution < 1.29 is 19.8 Å². The van der Waals surface area contributed by atoms with Crippen molar-refractivity contribution >= 4 is 34.1 Å². The minimum atomic E-state index is -1.92.